The number of likely N-dealkylation sites (N-methyl/N-ethyl adjacent to an activating group) is 1. The molecule has 1 amide bonds. The lowest BCUT2D eigenvalue weighted by molar-refractivity contribution is -0.122. The number of aromatic amines is 1. The van der Waals surface area contributed by atoms with Crippen LogP contribution >= 0.6 is 0 Å². The third-order valence-corrected chi connectivity index (χ3v) is 5.06. The van der Waals surface area contributed by atoms with Crippen molar-refractivity contribution in [2.75, 3.05) is 27.2 Å². The number of rotatable bonds is 9. The van der Waals surface area contributed by atoms with E-state index in [0.29, 0.717) is 18.8 Å². The molecule has 142 valence electrons. The number of nitrogens with one attached hydrogen (secondary N) is 3. The van der Waals surface area contributed by atoms with Crippen molar-refractivity contribution in [3.05, 3.63) is 48.3 Å². The number of carbonyl (C=O) groups excluding carboxylic acids is 1. The van der Waals surface area contributed by atoms with Gasteiger partial charge in [0.25, 0.3) is 0 Å². The molecule has 26 heavy (non-hydrogen) atoms. The lowest BCUT2D eigenvalue weighted by Gasteiger charge is -2.19. The van der Waals surface area contributed by atoms with E-state index in [9.17, 15) is 17.6 Å². The van der Waals surface area contributed by atoms with Crippen molar-refractivity contribution in [2.45, 2.75) is 17.4 Å². The summed E-state index contributed by atoms with van der Waals surface area (Å²) in [5, 5.41) is 2.71. The van der Waals surface area contributed by atoms with Gasteiger partial charge in [-0.1, -0.05) is 0 Å². The van der Waals surface area contributed by atoms with E-state index in [1.165, 1.54) is 12.5 Å². The predicted molar refractivity (Wildman–Crippen MR) is 94.4 cm³/mol. The van der Waals surface area contributed by atoms with Gasteiger partial charge in [-0.15, -0.1) is 0 Å². The van der Waals surface area contributed by atoms with Gasteiger partial charge in [-0.25, -0.2) is 17.8 Å². The second kappa shape index (κ2) is 8.88. The number of sulfonamides is 1. The van der Waals surface area contributed by atoms with Crippen LogP contribution in [0, 0.1) is 5.82 Å². The molecule has 1 aromatic carbocycles. The van der Waals surface area contributed by atoms with E-state index in [4.69, 9.17) is 0 Å². The van der Waals surface area contributed by atoms with Gasteiger partial charge in [-0.05, 0) is 38.4 Å². The Kier molecular flexibility index (Phi) is 6.83. The van der Waals surface area contributed by atoms with Crippen molar-refractivity contribution in [1.29, 1.82) is 0 Å². The maximum atomic E-state index is 13.0. The van der Waals surface area contributed by atoms with Crippen molar-refractivity contribution < 1.29 is 17.6 Å². The minimum Gasteiger partial charge on any atom is -0.353 e. The molecule has 0 spiro atoms. The topological polar surface area (TPSA) is 107 Å². The zero-order valence-electron chi connectivity index (χ0n) is 14.6. The fourth-order valence-electron chi connectivity index (χ4n) is 2.20. The molecule has 0 saturated heterocycles. The van der Waals surface area contributed by atoms with Crippen molar-refractivity contribution in [2.24, 2.45) is 0 Å². The Morgan fingerprint density at radius 2 is 2.00 bits per heavy atom. The van der Waals surface area contributed by atoms with Gasteiger partial charge in [-0.3, -0.25) is 4.79 Å². The van der Waals surface area contributed by atoms with Crippen LogP contribution in [0.3, 0.4) is 0 Å². The predicted octanol–water partition coefficient (Wildman–Crippen LogP) is 0.116. The number of carbonyl (C=O) groups is 1. The number of halogens is 1. The van der Waals surface area contributed by atoms with Gasteiger partial charge in [0.05, 0.1) is 11.2 Å². The van der Waals surface area contributed by atoms with Crippen LogP contribution in [0.15, 0.2) is 41.7 Å². The Bertz CT molecular complexity index is 807. The quantitative estimate of drug-likeness (QED) is 0.570. The molecule has 0 fully saturated rings. The fourth-order valence-corrected chi connectivity index (χ4v) is 3.39. The van der Waals surface area contributed by atoms with Gasteiger partial charge in [0, 0.05) is 31.4 Å². The van der Waals surface area contributed by atoms with Crippen LogP contribution in [0.25, 0.3) is 0 Å². The molecule has 2 rings (SSSR count). The molecule has 10 heteroatoms. The summed E-state index contributed by atoms with van der Waals surface area (Å²) in [7, 11) is -0.255. The van der Waals surface area contributed by atoms with Crippen LogP contribution in [0.4, 0.5) is 4.39 Å². The molecule has 0 aliphatic heterocycles. The summed E-state index contributed by atoms with van der Waals surface area (Å²) in [6.45, 7) is 0.997. The summed E-state index contributed by atoms with van der Waals surface area (Å²) in [5.74, 6) is -0.994. The van der Waals surface area contributed by atoms with Crippen LogP contribution in [0.1, 0.15) is 5.69 Å². The number of nitrogens with zero attached hydrogens (tertiary/aromatic N) is 2. The van der Waals surface area contributed by atoms with Gasteiger partial charge < -0.3 is 15.2 Å². The first kappa shape index (κ1) is 20.0. The first-order valence-electron chi connectivity index (χ1n) is 7.95. The number of imidazole rings is 1. The molecule has 1 aromatic heterocycles. The Morgan fingerprint density at radius 1 is 1.31 bits per heavy atom. The van der Waals surface area contributed by atoms with E-state index >= 15 is 0 Å². The van der Waals surface area contributed by atoms with Gasteiger partial charge in [-0.2, -0.15) is 4.72 Å². The molecule has 1 atom stereocenters. The molecule has 0 radical (unpaired) electrons. The fraction of sp³-hybridized carbons (Fsp3) is 0.375. The van der Waals surface area contributed by atoms with E-state index in [1.54, 1.807) is 0 Å². The second-order valence-corrected chi connectivity index (χ2v) is 7.72. The van der Waals surface area contributed by atoms with Crippen LogP contribution in [0.5, 0.6) is 0 Å². The van der Waals surface area contributed by atoms with Crippen molar-refractivity contribution in [3.8, 4) is 0 Å². The lowest BCUT2D eigenvalue weighted by Crippen LogP contribution is -2.49. The highest BCUT2D eigenvalue weighted by molar-refractivity contribution is 7.89. The maximum Gasteiger partial charge on any atom is 0.241 e. The summed E-state index contributed by atoms with van der Waals surface area (Å²) in [6, 6.07) is 3.36. The van der Waals surface area contributed by atoms with Crippen LogP contribution in [-0.2, 0) is 21.2 Å². The van der Waals surface area contributed by atoms with Crippen LogP contribution in [0.2, 0.25) is 0 Å². The standard InChI is InChI=1S/C16H22FN5O3S/c1-22(2)8-7-19-16(23)15(9-13-10-18-11-20-13)21-26(24,25)14-5-3-12(17)4-6-14/h3-6,10-11,15,21H,7-9H2,1-2H3,(H,18,20)(H,19,23). The highest BCUT2D eigenvalue weighted by atomic mass is 32.2. The van der Waals surface area contributed by atoms with Gasteiger partial charge in [0.1, 0.15) is 11.9 Å². The second-order valence-electron chi connectivity index (χ2n) is 6.00. The molecule has 0 bridgehead atoms. The zero-order chi connectivity index (χ0) is 19.2. The molecule has 2 aromatic rings. The first-order valence-corrected chi connectivity index (χ1v) is 9.44. The summed E-state index contributed by atoms with van der Waals surface area (Å²) >= 11 is 0. The molecule has 0 aliphatic carbocycles. The van der Waals surface area contributed by atoms with Crippen molar-refractivity contribution >= 4 is 15.9 Å². The highest BCUT2D eigenvalue weighted by Crippen LogP contribution is 2.11. The monoisotopic (exact) mass is 383 g/mol. The maximum absolute atomic E-state index is 13.0. The first-order chi connectivity index (χ1) is 12.3. The third-order valence-electron chi connectivity index (χ3n) is 3.57. The smallest absolute Gasteiger partial charge is 0.241 e. The minimum absolute atomic E-state index is 0.105. The minimum atomic E-state index is -3.99. The number of benzene rings is 1. The largest absolute Gasteiger partial charge is 0.353 e. The summed E-state index contributed by atoms with van der Waals surface area (Å²) in [5.41, 5.74) is 0.611. The summed E-state index contributed by atoms with van der Waals surface area (Å²) in [6.07, 6.45) is 3.07. The normalized spacial score (nSPS) is 12.9. The van der Waals surface area contributed by atoms with E-state index in [1.807, 2.05) is 19.0 Å². The van der Waals surface area contributed by atoms with E-state index < -0.39 is 27.8 Å². The molecule has 0 saturated carbocycles. The Balaban J connectivity index is 2.14. The molecule has 3 N–H and O–H groups in total. The Hall–Kier alpha value is -2.30. The van der Waals surface area contributed by atoms with Crippen LogP contribution in [-0.4, -0.2) is 62.4 Å². The number of H-pyrrole nitrogens is 1. The Morgan fingerprint density at radius 3 is 2.58 bits per heavy atom. The number of hydrogen-bond donors (Lipinski definition) is 3. The molecular weight excluding hydrogens is 361 g/mol. The molecule has 0 aliphatic rings. The van der Waals surface area contributed by atoms with Gasteiger partial charge >= 0.3 is 0 Å². The van der Waals surface area contributed by atoms with Gasteiger partial charge in [0.2, 0.25) is 15.9 Å². The zero-order valence-corrected chi connectivity index (χ0v) is 15.4. The SMILES string of the molecule is CN(C)CCNC(=O)C(Cc1cnc[nH]1)NS(=O)(=O)c1ccc(F)cc1. The molecule has 8 nitrogen and oxygen atoms in total. The molecular formula is C16H22FN5O3S. The van der Waals surface area contributed by atoms with Crippen LogP contribution < -0.4 is 10.0 Å². The molecule has 1 heterocycles. The lowest BCUT2D eigenvalue weighted by atomic mass is 10.1. The van der Waals surface area contributed by atoms with E-state index in [0.717, 1.165) is 24.3 Å². The van der Waals surface area contributed by atoms with E-state index in [-0.39, 0.29) is 11.3 Å². The van der Waals surface area contributed by atoms with Crippen molar-refractivity contribution in [3.63, 3.8) is 0 Å². The number of hydrogen-bond acceptors (Lipinski definition) is 5. The average molecular weight is 383 g/mol. The number of amides is 1. The highest BCUT2D eigenvalue weighted by Gasteiger charge is 2.26. The Labute approximate surface area is 151 Å². The average Bonchev–Trinajstić information content (AvgIpc) is 3.07. The third kappa shape index (κ3) is 5.90. The summed E-state index contributed by atoms with van der Waals surface area (Å²) in [4.78, 5) is 21.0. The summed E-state index contributed by atoms with van der Waals surface area (Å²) < 4.78 is 40.5. The molecule has 1 unspecified atom stereocenters. The number of aromatic nitrogens is 2. The van der Waals surface area contributed by atoms with Gasteiger partial charge in [0.15, 0.2) is 0 Å². The van der Waals surface area contributed by atoms with Crippen molar-refractivity contribution in [1.82, 2.24) is 24.9 Å². The van der Waals surface area contributed by atoms with E-state index in [2.05, 4.69) is 20.0 Å².